The van der Waals surface area contributed by atoms with Gasteiger partial charge in [-0.3, -0.25) is 14.6 Å². The molecule has 0 spiro atoms. The predicted octanol–water partition coefficient (Wildman–Crippen LogP) is 1.76. The quantitative estimate of drug-likeness (QED) is 0.908. The zero-order valence-electron chi connectivity index (χ0n) is 14.4. The van der Waals surface area contributed by atoms with E-state index in [1.807, 2.05) is 0 Å². The Balaban J connectivity index is 1.38. The molecule has 4 heterocycles. The smallest absolute Gasteiger partial charge is 0.251 e. The molecule has 4 rings (SSSR count). The van der Waals surface area contributed by atoms with Crippen LogP contribution in [0.3, 0.4) is 0 Å². The second kappa shape index (κ2) is 7.12. The number of amides is 2. The number of carbonyl (C=O) groups is 2. The van der Waals surface area contributed by atoms with Crippen LogP contribution in [0.15, 0.2) is 24.5 Å². The summed E-state index contributed by atoms with van der Waals surface area (Å²) in [4.78, 5) is 31.4. The first kappa shape index (κ1) is 16.5. The summed E-state index contributed by atoms with van der Waals surface area (Å²) >= 11 is 0. The maximum Gasteiger partial charge on any atom is 0.251 e. The SMILES string of the molecule is O=C(NC1CC2CCC(C1)N2C(=O)C1CCOCC1)c1ccncc1. The number of rotatable bonds is 3. The Hall–Kier alpha value is -1.95. The Kier molecular flexibility index (Phi) is 4.70. The predicted molar refractivity (Wildman–Crippen MR) is 91.9 cm³/mol. The highest BCUT2D eigenvalue weighted by atomic mass is 16.5. The van der Waals surface area contributed by atoms with Gasteiger partial charge in [0.2, 0.25) is 5.91 Å². The van der Waals surface area contributed by atoms with Gasteiger partial charge in [-0.05, 0) is 50.7 Å². The second-order valence-electron chi connectivity index (χ2n) is 7.39. The van der Waals surface area contributed by atoms with Crippen molar-refractivity contribution in [3.8, 4) is 0 Å². The van der Waals surface area contributed by atoms with Crippen LogP contribution in [0.5, 0.6) is 0 Å². The molecule has 2 amide bonds. The first-order valence-electron chi connectivity index (χ1n) is 9.33. The third-order valence-corrected chi connectivity index (χ3v) is 5.84. The van der Waals surface area contributed by atoms with Crippen LogP contribution in [0.4, 0.5) is 0 Å². The van der Waals surface area contributed by atoms with Crippen molar-refractivity contribution in [1.29, 1.82) is 0 Å². The number of piperidine rings is 1. The zero-order valence-corrected chi connectivity index (χ0v) is 14.4. The number of aromatic nitrogens is 1. The molecule has 0 saturated carbocycles. The van der Waals surface area contributed by atoms with E-state index in [0.717, 1.165) is 38.5 Å². The fourth-order valence-corrected chi connectivity index (χ4v) is 4.58. The van der Waals surface area contributed by atoms with Gasteiger partial charge in [-0.1, -0.05) is 0 Å². The largest absolute Gasteiger partial charge is 0.381 e. The fraction of sp³-hybridized carbons (Fsp3) is 0.632. The van der Waals surface area contributed by atoms with Gasteiger partial charge in [0.05, 0.1) is 0 Å². The molecule has 3 aliphatic heterocycles. The van der Waals surface area contributed by atoms with E-state index in [1.165, 1.54) is 0 Å². The van der Waals surface area contributed by atoms with Crippen LogP contribution in [0.2, 0.25) is 0 Å². The van der Waals surface area contributed by atoms with Crippen molar-refractivity contribution in [2.24, 2.45) is 5.92 Å². The molecule has 2 unspecified atom stereocenters. The molecule has 25 heavy (non-hydrogen) atoms. The van der Waals surface area contributed by atoms with Crippen LogP contribution >= 0.6 is 0 Å². The third-order valence-electron chi connectivity index (χ3n) is 5.84. The molecule has 3 saturated heterocycles. The lowest BCUT2D eigenvalue weighted by molar-refractivity contribution is -0.143. The van der Waals surface area contributed by atoms with E-state index in [-0.39, 0.29) is 30.0 Å². The van der Waals surface area contributed by atoms with Gasteiger partial charge in [0.1, 0.15) is 0 Å². The lowest BCUT2D eigenvalue weighted by Gasteiger charge is -2.41. The molecule has 6 nitrogen and oxygen atoms in total. The van der Waals surface area contributed by atoms with Gasteiger partial charge < -0.3 is 15.0 Å². The number of hydrogen-bond donors (Lipinski definition) is 1. The highest BCUT2D eigenvalue weighted by molar-refractivity contribution is 5.94. The zero-order chi connectivity index (χ0) is 17.2. The van der Waals surface area contributed by atoms with E-state index in [2.05, 4.69) is 15.2 Å². The van der Waals surface area contributed by atoms with Crippen LogP contribution in [0, 0.1) is 5.92 Å². The van der Waals surface area contributed by atoms with Crippen molar-refractivity contribution in [2.75, 3.05) is 13.2 Å². The summed E-state index contributed by atoms with van der Waals surface area (Å²) in [5, 5.41) is 3.15. The van der Waals surface area contributed by atoms with Crippen molar-refractivity contribution < 1.29 is 14.3 Å². The van der Waals surface area contributed by atoms with Gasteiger partial charge in [0, 0.05) is 55.2 Å². The first-order valence-corrected chi connectivity index (χ1v) is 9.33. The summed E-state index contributed by atoms with van der Waals surface area (Å²) in [7, 11) is 0. The van der Waals surface area contributed by atoms with E-state index >= 15 is 0 Å². The molecule has 6 heteroatoms. The van der Waals surface area contributed by atoms with Gasteiger partial charge in [0.25, 0.3) is 5.91 Å². The van der Waals surface area contributed by atoms with Gasteiger partial charge >= 0.3 is 0 Å². The maximum absolute atomic E-state index is 12.9. The van der Waals surface area contributed by atoms with E-state index in [9.17, 15) is 9.59 Å². The fourth-order valence-electron chi connectivity index (χ4n) is 4.58. The molecule has 1 aromatic heterocycles. The number of hydrogen-bond acceptors (Lipinski definition) is 4. The standard InChI is InChI=1S/C19H25N3O3/c23-18(13-3-7-20-8-4-13)21-15-11-16-1-2-17(12-15)22(16)19(24)14-5-9-25-10-6-14/h3-4,7-8,14-17H,1-2,5-6,9-12H2,(H,21,23). The summed E-state index contributed by atoms with van der Waals surface area (Å²) in [6.45, 7) is 1.40. The van der Waals surface area contributed by atoms with E-state index in [0.29, 0.717) is 24.7 Å². The number of nitrogens with zero attached hydrogens (tertiary/aromatic N) is 2. The van der Waals surface area contributed by atoms with Crippen molar-refractivity contribution in [2.45, 2.75) is 56.7 Å². The van der Waals surface area contributed by atoms with Gasteiger partial charge in [-0.2, -0.15) is 0 Å². The third kappa shape index (κ3) is 3.40. The maximum atomic E-state index is 12.9. The Morgan fingerprint density at radius 1 is 1.04 bits per heavy atom. The van der Waals surface area contributed by atoms with Crippen molar-refractivity contribution in [1.82, 2.24) is 15.2 Å². The molecule has 134 valence electrons. The van der Waals surface area contributed by atoms with Crippen LogP contribution in [0.25, 0.3) is 0 Å². The van der Waals surface area contributed by atoms with Gasteiger partial charge in [-0.25, -0.2) is 0 Å². The van der Waals surface area contributed by atoms with Crippen LogP contribution < -0.4 is 5.32 Å². The molecule has 1 aromatic rings. The lowest BCUT2D eigenvalue weighted by Crippen LogP contribution is -2.54. The molecule has 2 bridgehead atoms. The molecule has 3 fully saturated rings. The highest BCUT2D eigenvalue weighted by Gasteiger charge is 2.45. The van der Waals surface area contributed by atoms with Crippen LogP contribution in [0.1, 0.15) is 48.9 Å². The molecular formula is C19H25N3O3. The second-order valence-corrected chi connectivity index (χ2v) is 7.39. The Labute approximate surface area is 147 Å². The molecular weight excluding hydrogens is 318 g/mol. The molecule has 0 radical (unpaired) electrons. The molecule has 2 atom stereocenters. The summed E-state index contributed by atoms with van der Waals surface area (Å²) in [5.41, 5.74) is 0.642. The summed E-state index contributed by atoms with van der Waals surface area (Å²) in [6.07, 6.45) is 8.79. The number of pyridine rings is 1. The monoisotopic (exact) mass is 343 g/mol. The molecule has 0 aromatic carbocycles. The topological polar surface area (TPSA) is 71.5 Å². The molecule has 1 N–H and O–H groups in total. The van der Waals surface area contributed by atoms with Crippen molar-refractivity contribution >= 4 is 11.8 Å². The van der Waals surface area contributed by atoms with Crippen molar-refractivity contribution in [3.05, 3.63) is 30.1 Å². The summed E-state index contributed by atoms with van der Waals surface area (Å²) in [6, 6.07) is 4.16. The number of fused-ring (bicyclic) bond motifs is 2. The number of carbonyl (C=O) groups excluding carboxylic acids is 2. The average molecular weight is 343 g/mol. The minimum absolute atomic E-state index is 0.0454. The van der Waals surface area contributed by atoms with Crippen LogP contribution in [-0.4, -0.2) is 53.0 Å². The highest BCUT2D eigenvalue weighted by Crippen LogP contribution is 2.37. The minimum atomic E-state index is -0.0454. The Morgan fingerprint density at radius 3 is 2.32 bits per heavy atom. The normalized spacial score (nSPS) is 29.4. The Bertz CT molecular complexity index is 616. The minimum Gasteiger partial charge on any atom is -0.381 e. The van der Waals surface area contributed by atoms with E-state index in [4.69, 9.17) is 4.74 Å². The van der Waals surface area contributed by atoms with E-state index in [1.54, 1.807) is 24.5 Å². The van der Waals surface area contributed by atoms with Crippen LogP contribution in [-0.2, 0) is 9.53 Å². The Morgan fingerprint density at radius 2 is 1.68 bits per heavy atom. The molecule has 3 aliphatic rings. The summed E-state index contributed by atoms with van der Waals surface area (Å²) < 4.78 is 5.39. The summed E-state index contributed by atoms with van der Waals surface area (Å²) in [5.74, 6) is 0.394. The first-order chi connectivity index (χ1) is 12.2. The van der Waals surface area contributed by atoms with Crippen molar-refractivity contribution in [3.63, 3.8) is 0 Å². The lowest BCUT2D eigenvalue weighted by atomic mass is 9.92. The molecule has 0 aliphatic carbocycles. The van der Waals surface area contributed by atoms with E-state index < -0.39 is 0 Å². The van der Waals surface area contributed by atoms with Gasteiger partial charge in [-0.15, -0.1) is 0 Å². The van der Waals surface area contributed by atoms with Gasteiger partial charge in [0.15, 0.2) is 0 Å². The number of ether oxygens (including phenoxy) is 1. The average Bonchev–Trinajstić information content (AvgIpc) is 2.93. The number of nitrogens with one attached hydrogen (secondary N) is 1.